The van der Waals surface area contributed by atoms with E-state index in [-0.39, 0.29) is 38.2 Å². The summed E-state index contributed by atoms with van der Waals surface area (Å²) in [5.41, 5.74) is 23.6. The van der Waals surface area contributed by atoms with Crippen molar-refractivity contribution in [2.45, 2.75) is 75.5 Å². The van der Waals surface area contributed by atoms with E-state index < -0.39 is 60.2 Å². The van der Waals surface area contributed by atoms with Gasteiger partial charge in [0.15, 0.2) is 5.96 Å². The highest BCUT2D eigenvalue weighted by atomic mass is 16.4. The predicted molar refractivity (Wildman–Crippen MR) is 163 cm³/mol. The van der Waals surface area contributed by atoms with Crippen LogP contribution in [0.3, 0.4) is 0 Å². The largest absolute Gasteiger partial charge is 0.481 e. The van der Waals surface area contributed by atoms with Crippen LogP contribution in [0.25, 0.3) is 10.9 Å². The van der Waals surface area contributed by atoms with Crippen LogP contribution in [-0.2, 0) is 30.4 Å². The monoisotopic (exact) mass is 617 g/mol. The summed E-state index contributed by atoms with van der Waals surface area (Å²) in [6.07, 6.45) is 2.62. The zero-order valence-electron chi connectivity index (χ0n) is 24.5. The molecule has 4 atom stereocenters. The van der Waals surface area contributed by atoms with E-state index in [1.165, 1.54) is 0 Å². The number of aliphatic imine (C=N–C) groups is 1. The first kappa shape index (κ1) is 35.5. The number of nitrogens with zero attached hydrogens (tertiary/aromatic N) is 1. The number of hydrogen-bond acceptors (Lipinski definition) is 8. The second kappa shape index (κ2) is 18.1. The molecule has 4 unspecified atom stereocenters. The van der Waals surface area contributed by atoms with Gasteiger partial charge in [0.25, 0.3) is 0 Å². The molecule has 0 saturated carbocycles. The third kappa shape index (κ3) is 11.9. The summed E-state index contributed by atoms with van der Waals surface area (Å²) < 4.78 is 0. The summed E-state index contributed by atoms with van der Waals surface area (Å²) in [7, 11) is 0. The van der Waals surface area contributed by atoms with Gasteiger partial charge in [0.2, 0.25) is 17.7 Å². The molecule has 16 heteroatoms. The SMILES string of the molecule is NCCCCC(NC(=O)C(N)CCCN=C(N)N)C(=O)NC(CCC(=O)O)C(=O)NC(Cc1c[nH]c2ccccc12)C(=O)O. The normalized spacial score (nSPS) is 13.7. The number of carbonyl (C=O) groups is 5. The maximum Gasteiger partial charge on any atom is 0.326 e. The van der Waals surface area contributed by atoms with Crippen molar-refractivity contribution in [3.63, 3.8) is 0 Å². The Morgan fingerprint density at radius 1 is 0.841 bits per heavy atom. The quantitative estimate of drug-likeness (QED) is 0.0469. The van der Waals surface area contributed by atoms with Crippen LogP contribution in [0, 0.1) is 0 Å². The third-order valence-electron chi connectivity index (χ3n) is 6.88. The summed E-state index contributed by atoms with van der Waals surface area (Å²) in [5.74, 6) is -4.86. The summed E-state index contributed by atoms with van der Waals surface area (Å²) in [5, 5.41) is 27.4. The van der Waals surface area contributed by atoms with Gasteiger partial charge in [0, 0.05) is 36.5 Å². The van der Waals surface area contributed by atoms with Gasteiger partial charge < -0.3 is 54.1 Å². The van der Waals surface area contributed by atoms with E-state index in [4.69, 9.17) is 22.9 Å². The van der Waals surface area contributed by atoms with Crippen LogP contribution in [0.4, 0.5) is 0 Å². The summed E-state index contributed by atoms with van der Waals surface area (Å²) in [6.45, 7) is 0.616. The van der Waals surface area contributed by atoms with Gasteiger partial charge in [0.05, 0.1) is 6.04 Å². The molecule has 0 spiro atoms. The maximum absolute atomic E-state index is 13.3. The molecule has 0 aliphatic heterocycles. The minimum Gasteiger partial charge on any atom is -0.481 e. The average Bonchev–Trinajstić information content (AvgIpc) is 3.38. The number of H-pyrrole nitrogens is 1. The average molecular weight is 618 g/mol. The lowest BCUT2D eigenvalue weighted by atomic mass is 10.0. The fourth-order valence-electron chi connectivity index (χ4n) is 4.49. The first-order chi connectivity index (χ1) is 20.9. The van der Waals surface area contributed by atoms with E-state index in [0.29, 0.717) is 31.4 Å². The molecule has 1 aromatic carbocycles. The summed E-state index contributed by atoms with van der Waals surface area (Å²) >= 11 is 0. The topological polar surface area (TPSA) is 294 Å². The molecule has 0 bridgehead atoms. The van der Waals surface area contributed by atoms with Crippen LogP contribution < -0.4 is 38.9 Å². The smallest absolute Gasteiger partial charge is 0.326 e. The number of carboxylic acid groups (broad SMARTS) is 2. The van der Waals surface area contributed by atoms with Crippen molar-refractivity contribution in [2.24, 2.45) is 27.9 Å². The van der Waals surface area contributed by atoms with Crippen LogP contribution in [0.5, 0.6) is 0 Å². The van der Waals surface area contributed by atoms with Crippen molar-refractivity contribution in [2.75, 3.05) is 13.1 Å². The summed E-state index contributed by atoms with van der Waals surface area (Å²) in [4.78, 5) is 69.6. The van der Waals surface area contributed by atoms with Crippen LogP contribution in [0.2, 0.25) is 0 Å². The number of rotatable bonds is 20. The number of guanidine groups is 1. The Morgan fingerprint density at radius 3 is 2.11 bits per heavy atom. The molecule has 242 valence electrons. The van der Waals surface area contributed by atoms with Gasteiger partial charge in [-0.05, 0) is 56.7 Å². The number of nitrogens with one attached hydrogen (secondary N) is 4. The van der Waals surface area contributed by atoms with E-state index in [9.17, 15) is 34.2 Å². The van der Waals surface area contributed by atoms with Crippen LogP contribution in [0.15, 0.2) is 35.5 Å². The third-order valence-corrected chi connectivity index (χ3v) is 6.88. The molecule has 2 rings (SSSR count). The Hall–Kier alpha value is -4.70. The first-order valence-corrected chi connectivity index (χ1v) is 14.3. The van der Waals surface area contributed by atoms with Gasteiger partial charge in [-0.2, -0.15) is 0 Å². The van der Waals surface area contributed by atoms with Crippen molar-refractivity contribution < 1.29 is 34.2 Å². The van der Waals surface area contributed by atoms with Crippen molar-refractivity contribution in [1.29, 1.82) is 0 Å². The molecule has 0 aliphatic carbocycles. The molecular weight excluding hydrogens is 574 g/mol. The lowest BCUT2D eigenvalue weighted by molar-refractivity contribution is -0.143. The zero-order valence-corrected chi connectivity index (χ0v) is 24.5. The number of carbonyl (C=O) groups excluding carboxylic acids is 3. The van der Waals surface area contributed by atoms with Crippen LogP contribution in [0.1, 0.15) is 50.5 Å². The molecule has 16 nitrogen and oxygen atoms in total. The van der Waals surface area contributed by atoms with Gasteiger partial charge in [0.1, 0.15) is 18.1 Å². The number of nitrogens with two attached hydrogens (primary N) is 4. The number of aromatic amines is 1. The molecule has 0 saturated heterocycles. The molecule has 44 heavy (non-hydrogen) atoms. The molecule has 0 fully saturated rings. The Kier molecular flexibility index (Phi) is 14.6. The highest BCUT2D eigenvalue weighted by Crippen LogP contribution is 2.19. The van der Waals surface area contributed by atoms with Gasteiger partial charge in [-0.25, -0.2) is 4.79 Å². The molecule has 0 aliphatic rings. The minimum atomic E-state index is -1.40. The summed E-state index contributed by atoms with van der Waals surface area (Å²) in [6, 6.07) is 2.41. The number of para-hydroxylation sites is 1. The van der Waals surface area contributed by atoms with E-state index in [1.54, 1.807) is 12.3 Å². The van der Waals surface area contributed by atoms with Gasteiger partial charge in [-0.1, -0.05) is 18.2 Å². The second-order valence-corrected chi connectivity index (χ2v) is 10.4. The molecule has 2 aromatic rings. The van der Waals surface area contributed by atoms with Crippen LogP contribution >= 0.6 is 0 Å². The number of benzene rings is 1. The minimum absolute atomic E-state index is 0.0659. The second-order valence-electron chi connectivity index (χ2n) is 10.4. The van der Waals surface area contributed by atoms with Gasteiger partial charge in [-0.15, -0.1) is 0 Å². The number of hydrogen-bond donors (Lipinski definition) is 10. The Morgan fingerprint density at radius 2 is 1.48 bits per heavy atom. The van der Waals surface area contributed by atoms with E-state index in [0.717, 1.165) is 10.9 Å². The fourth-order valence-corrected chi connectivity index (χ4v) is 4.49. The van der Waals surface area contributed by atoms with Gasteiger partial charge in [-0.3, -0.25) is 24.2 Å². The number of fused-ring (bicyclic) bond motifs is 1. The highest BCUT2D eigenvalue weighted by molar-refractivity contribution is 5.94. The van der Waals surface area contributed by atoms with E-state index >= 15 is 0 Å². The molecule has 3 amide bonds. The molecule has 0 radical (unpaired) electrons. The number of aliphatic carboxylic acids is 2. The lowest BCUT2D eigenvalue weighted by Gasteiger charge is -2.25. The standard InChI is InChI=1S/C28H43N9O7/c29-12-4-3-9-20(35-24(40)18(30)7-5-13-33-28(31)32)25(41)36-21(10-11-23(38)39)26(42)37-22(27(43)44)14-16-15-34-19-8-2-1-6-17(16)19/h1-2,6,8,15,18,20-22,34H,3-5,7,9-14,29-30H2,(H,35,40)(H,36,41)(H,37,42)(H,38,39)(H,43,44)(H4,31,32,33). The van der Waals surface area contributed by atoms with Crippen molar-refractivity contribution in [3.8, 4) is 0 Å². The highest BCUT2D eigenvalue weighted by Gasteiger charge is 2.31. The Labute approximate surface area is 254 Å². The Bertz CT molecular complexity index is 1310. The number of amides is 3. The predicted octanol–water partition coefficient (Wildman–Crippen LogP) is -1.38. The molecular formula is C28H43N9O7. The molecule has 1 heterocycles. The zero-order chi connectivity index (χ0) is 32.6. The Balaban J connectivity index is 2.15. The first-order valence-electron chi connectivity index (χ1n) is 14.3. The van der Waals surface area contributed by atoms with Crippen molar-refractivity contribution in [1.82, 2.24) is 20.9 Å². The number of unbranched alkanes of at least 4 members (excludes halogenated alkanes) is 1. The van der Waals surface area contributed by atoms with Gasteiger partial charge >= 0.3 is 11.9 Å². The lowest BCUT2D eigenvalue weighted by Crippen LogP contribution is -2.57. The van der Waals surface area contributed by atoms with Crippen molar-refractivity contribution >= 4 is 46.5 Å². The van der Waals surface area contributed by atoms with Crippen molar-refractivity contribution in [3.05, 3.63) is 36.0 Å². The van der Waals surface area contributed by atoms with E-state index in [2.05, 4.69) is 25.9 Å². The molecule has 14 N–H and O–H groups in total. The van der Waals surface area contributed by atoms with E-state index in [1.807, 2.05) is 18.2 Å². The fraction of sp³-hybridized carbons (Fsp3) is 0.500. The maximum atomic E-state index is 13.3. The number of aromatic nitrogens is 1. The molecule has 1 aromatic heterocycles. The van der Waals surface area contributed by atoms with Crippen LogP contribution in [-0.4, -0.2) is 88.1 Å². The number of carboxylic acids is 2.